The lowest BCUT2D eigenvalue weighted by atomic mass is 9.66. The lowest BCUT2D eigenvalue weighted by Crippen LogP contribution is -2.32. The van der Waals surface area contributed by atoms with Crippen molar-refractivity contribution in [1.82, 2.24) is 15.0 Å². The molecule has 0 radical (unpaired) electrons. The van der Waals surface area contributed by atoms with Crippen LogP contribution in [0, 0.1) is 0 Å². The summed E-state index contributed by atoms with van der Waals surface area (Å²) < 4.78 is 6.62. The van der Waals surface area contributed by atoms with Gasteiger partial charge in [-0.1, -0.05) is 140 Å². The average Bonchev–Trinajstić information content (AvgIpc) is 3.53. The van der Waals surface area contributed by atoms with E-state index in [1.54, 1.807) is 0 Å². The van der Waals surface area contributed by atoms with Crippen molar-refractivity contribution >= 4 is 10.8 Å². The number of aromatic nitrogens is 3. The molecule has 4 heteroatoms. The van der Waals surface area contributed by atoms with Crippen molar-refractivity contribution in [3.8, 4) is 67.7 Å². The molecule has 9 aromatic rings. The SMILES string of the molecule is c1ccc(-c2cc(-c3ccc4c(c3)-c3cc(-c5cccc6ccncc56)ccc3C43c4ccccc4Oc4ccccc43)nc(-c3ccccc3)n2)cc1. The van der Waals surface area contributed by atoms with E-state index in [0.717, 1.165) is 67.2 Å². The molecule has 3 heterocycles. The molecule has 2 aliphatic rings. The lowest BCUT2D eigenvalue weighted by Gasteiger charge is -2.39. The minimum Gasteiger partial charge on any atom is -0.457 e. The van der Waals surface area contributed by atoms with Crippen LogP contribution in [-0.4, -0.2) is 15.0 Å². The molecule has 54 heavy (non-hydrogen) atoms. The summed E-state index contributed by atoms with van der Waals surface area (Å²) in [6.07, 6.45) is 3.83. The van der Waals surface area contributed by atoms with E-state index in [-0.39, 0.29) is 0 Å². The molecule has 0 bridgehead atoms. The highest BCUT2D eigenvalue weighted by Gasteiger charge is 2.51. The molecule has 0 fully saturated rings. The van der Waals surface area contributed by atoms with Crippen molar-refractivity contribution in [2.24, 2.45) is 0 Å². The molecule has 0 unspecified atom stereocenters. The predicted octanol–water partition coefficient (Wildman–Crippen LogP) is 12.2. The second-order valence-electron chi connectivity index (χ2n) is 14.0. The van der Waals surface area contributed by atoms with E-state index in [0.29, 0.717) is 5.82 Å². The molecule has 0 atom stereocenters. The number of ether oxygens (including phenoxy) is 1. The molecule has 1 aliphatic heterocycles. The molecule has 0 saturated heterocycles. The monoisotopic (exact) mass is 689 g/mol. The van der Waals surface area contributed by atoms with E-state index in [4.69, 9.17) is 14.7 Å². The summed E-state index contributed by atoms with van der Waals surface area (Å²) in [5.74, 6) is 2.45. The summed E-state index contributed by atoms with van der Waals surface area (Å²) in [7, 11) is 0. The highest BCUT2D eigenvalue weighted by molar-refractivity contribution is 5.99. The van der Waals surface area contributed by atoms with Crippen molar-refractivity contribution in [1.29, 1.82) is 0 Å². The molecule has 7 aromatic carbocycles. The largest absolute Gasteiger partial charge is 0.457 e. The number of nitrogens with zero attached hydrogens (tertiary/aromatic N) is 3. The van der Waals surface area contributed by atoms with E-state index in [1.165, 1.54) is 27.6 Å². The van der Waals surface area contributed by atoms with Crippen molar-refractivity contribution in [2.45, 2.75) is 5.41 Å². The van der Waals surface area contributed by atoms with Gasteiger partial charge in [-0.15, -0.1) is 0 Å². The summed E-state index contributed by atoms with van der Waals surface area (Å²) in [4.78, 5) is 14.8. The number of pyridine rings is 1. The van der Waals surface area contributed by atoms with Gasteiger partial charge < -0.3 is 4.74 Å². The third-order valence-corrected chi connectivity index (χ3v) is 11.1. The van der Waals surface area contributed by atoms with Crippen molar-refractivity contribution in [2.75, 3.05) is 0 Å². The molecular weight excluding hydrogens is 659 g/mol. The van der Waals surface area contributed by atoms with Crippen LogP contribution in [0.3, 0.4) is 0 Å². The van der Waals surface area contributed by atoms with Crippen molar-refractivity contribution in [3.63, 3.8) is 0 Å². The fourth-order valence-electron chi connectivity index (χ4n) is 8.67. The Labute approximate surface area is 313 Å². The van der Waals surface area contributed by atoms with E-state index >= 15 is 0 Å². The Bertz CT molecular complexity index is 2810. The Hall–Kier alpha value is -7.17. The second-order valence-corrected chi connectivity index (χ2v) is 14.0. The second kappa shape index (κ2) is 11.9. The van der Waals surface area contributed by atoms with Crippen LogP contribution in [0.5, 0.6) is 11.5 Å². The summed E-state index contributed by atoms with van der Waals surface area (Å²) >= 11 is 0. The molecule has 0 N–H and O–H groups in total. The third kappa shape index (κ3) is 4.53. The van der Waals surface area contributed by atoms with Crippen LogP contribution in [-0.2, 0) is 5.41 Å². The van der Waals surface area contributed by atoms with Gasteiger partial charge in [-0.3, -0.25) is 4.98 Å². The standard InChI is InChI=1S/C50H31N3O/c1-3-12-33(13-4-1)45-30-46(53-49(52-45)34-14-5-2-6-15-34)36-23-25-42-39(29-36)38-28-35(37-17-11-16-32-26-27-51-31-40(32)37)22-24-41(38)50(42)43-18-7-9-20-47(43)54-48-21-10-8-19-44(48)50/h1-31H. The Morgan fingerprint density at radius 2 is 1.00 bits per heavy atom. The number of fused-ring (bicyclic) bond motifs is 10. The normalized spacial score (nSPS) is 13.1. The zero-order valence-corrected chi connectivity index (χ0v) is 29.1. The number of para-hydroxylation sites is 2. The maximum atomic E-state index is 6.62. The van der Waals surface area contributed by atoms with Gasteiger partial charge in [-0.2, -0.15) is 0 Å². The third-order valence-electron chi connectivity index (χ3n) is 11.1. The Kier molecular flexibility index (Phi) is 6.73. The predicted molar refractivity (Wildman–Crippen MR) is 216 cm³/mol. The number of benzene rings is 7. The quantitative estimate of drug-likeness (QED) is 0.185. The first kappa shape index (κ1) is 30.5. The summed E-state index contributed by atoms with van der Waals surface area (Å²) in [6, 6.07) is 62.1. The number of hydrogen-bond acceptors (Lipinski definition) is 4. The smallest absolute Gasteiger partial charge is 0.160 e. The zero-order valence-electron chi connectivity index (χ0n) is 29.1. The maximum absolute atomic E-state index is 6.62. The fraction of sp³-hybridized carbons (Fsp3) is 0.0200. The molecule has 0 saturated carbocycles. The molecule has 11 rings (SSSR count). The van der Waals surface area contributed by atoms with Gasteiger partial charge in [0, 0.05) is 45.6 Å². The fourth-order valence-corrected chi connectivity index (χ4v) is 8.67. The summed E-state index contributed by atoms with van der Waals surface area (Å²) in [6.45, 7) is 0. The van der Waals surface area contributed by atoms with Crippen LogP contribution in [0.25, 0.3) is 66.9 Å². The Balaban J connectivity index is 1.19. The molecule has 1 spiro atoms. The van der Waals surface area contributed by atoms with Gasteiger partial charge in [0.15, 0.2) is 5.82 Å². The summed E-state index contributed by atoms with van der Waals surface area (Å²) in [5, 5.41) is 2.30. The molecule has 1 aliphatic carbocycles. The van der Waals surface area contributed by atoms with Gasteiger partial charge in [-0.05, 0) is 75.2 Å². The Morgan fingerprint density at radius 3 is 1.70 bits per heavy atom. The van der Waals surface area contributed by atoms with Crippen LogP contribution < -0.4 is 4.74 Å². The topological polar surface area (TPSA) is 47.9 Å². The molecule has 0 amide bonds. The van der Waals surface area contributed by atoms with Gasteiger partial charge >= 0.3 is 0 Å². The van der Waals surface area contributed by atoms with Gasteiger partial charge in [0.25, 0.3) is 0 Å². The first-order chi connectivity index (χ1) is 26.8. The van der Waals surface area contributed by atoms with Crippen LogP contribution in [0.4, 0.5) is 0 Å². The van der Waals surface area contributed by atoms with Gasteiger partial charge in [-0.25, -0.2) is 9.97 Å². The van der Waals surface area contributed by atoms with Gasteiger partial charge in [0.2, 0.25) is 0 Å². The highest BCUT2D eigenvalue weighted by Crippen LogP contribution is 2.62. The van der Waals surface area contributed by atoms with E-state index < -0.39 is 5.41 Å². The number of rotatable bonds is 4. The van der Waals surface area contributed by atoms with Crippen LogP contribution in [0.1, 0.15) is 22.3 Å². The zero-order chi connectivity index (χ0) is 35.6. The highest BCUT2D eigenvalue weighted by atomic mass is 16.5. The van der Waals surface area contributed by atoms with Gasteiger partial charge in [0.1, 0.15) is 11.5 Å². The van der Waals surface area contributed by atoms with Crippen LogP contribution in [0.15, 0.2) is 188 Å². The van der Waals surface area contributed by atoms with Crippen LogP contribution >= 0.6 is 0 Å². The van der Waals surface area contributed by atoms with E-state index in [2.05, 4.69) is 157 Å². The molecule has 2 aromatic heterocycles. The average molecular weight is 690 g/mol. The summed E-state index contributed by atoms with van der Waals surface area (Å²) in [5.41, 5.74) is 13.6. The minimum absolute atomic E-state index is 0.580. The maximum Gasteiger partial charge on any atom is 0.160 e. The molecule has 252 valence electrons. The van der Waals surface area contributed by atoms with Crippen molar-refractivity contribution < 1.29 is 4.74 Å². The Morgan fingerprint density at radius 1 is 0.407 bits per heavy atom. The number of hydrogen-bond donors (Lipinski definition) is 0. The lowest BCUT2D eigenvalue weighted by molar-refractivity contribution is 0.436. The van der Waals surface area contributed by atoms with Crippen LogP contribution in [0.2, 0.25) is 0 Å². The first-order valence-corrected chi connectivity index (χ1v) is 18.3. The van der Waals surface area contributed by atoms with Gasteiger partial charge in [0.05, 0.1) is 16.8 Å². The molecule has 4 nitrogen and oxygen atoms in total. The minimum atomic E-state index is -0.580. The van der Waals surface area contributed by atoms with E-state index in [1.807, 2.05) is 36.7 Å². The molecular formula is C50H31N3O. The first-order valence-electron chi connectivity index (χ1n) is 18.3. The van der Waals surface area contributed by atoms with Crippen molar-refractivity contribution in [3.05, 3.63) is 211 Å². The van der Waals surface area contributed by atoms with E-state index in [9.17, 15) is 0 Å².